The van der Waals surface area contributed by atoms with Crippen LogP contribution in [-0.4, -0.2) is 42.0 Å². The summed E-state index contributed by atoms with van der Waals surface area (Å²) >= 11 is 0. The van der Waals surface area contributed by atoms with Crippen molar-refractivity contribution in [3.8, 4) is 0 Å². The molecule has 0 radical (unpaired) electrons. The van der Waals surface area contributed by atoms with E-state index in [9.17, 15) is 9.59 Å². The molecule has 1 heterocycles. The van der Waals surface area contributed by atoms with Crippen LogP contribution >= 0.6 is 0 Å². The maximum absolute atomic E-state index is 12.8. The van der Waals surface area contributed by atoms with Crippen molar-refractivity contribution in [2.45, 2.75) is 52.0 Å². The lowest BCUT2D eigenvalue weighted by molar-refractivity contribution is -0.136. The molecule has 2 rings (SSSR count). The molecule has 0 aromatic rings. The lowest BCUT2D eigenvalue weighted by Gasteiger charge is -2.42. The van der Waals surface area contributed by atoms with Gasteiger partial charge in [0.1, 0.15) is 5.54 Å². The molecule has 5 heteroatoms. The molecule has 2 aliphatic rings. The Bertz CT molecular complexity index is 373. The minimum absolute atomic E-state index is 0.0134. The molecule has 3 amide bonds. The number of amides is 3. The molecule has 2 atom stereocenters. The van der Waals surface area contributed by atoms with Crippen molar-refractivity contribution in [3.05, 3.63) is 0 Å². The van der Waals surface area contributed by atoms with Crippen LogP contribution < -0.4 is 10.6 Å². The van der Waals surface area contributed by atoms with Gasteiger partial charge in [0.2, 0.25) is 0 Å². The Kier molecular flexibility index (Phi) is 4.68. The van der Waals surface area contributed by atoms with E-state index in [0.29, 0.717) is 13.1 Å². The van der Waals surface area contributed by atoms with Crippen molar-refractivity contribution in [1.82, 2.24) is 15.5 Å². The maximum atomic E-state index is 12.8. The van der Waals surface area contributed by atoms with Crippen molar-refractivity contribution in [1.29, 1.82) is 0 Å². The van der Waals surface area contributed by atoms with Gasteiger partial charge in [0.25, 0.3) is 5.91 Å². The highest BCUT2D eigenvalue weighted by molar-refractivity contribution is 6.07. The zero-order chi connectivity index (χ0) is 14.8. The fraction of sp³-hybridized carbons (Fsp3) is 0.867. The van der Waals surface area contributed by atoms with Crippen LogP contribution in [0.2, 0.25) is 0 Å². The molecule has 0 aromatic carbocycles. The number of hydrogen-bond donors (Lipinski definition) is 2. The van der Waals surface area contributed by atoms with Crippen molar-refractivity contribution in [2.24, 2.45) is 11.8 Å². The van der Waals surface area contributed by atoms with E-state index in [-0.39, 0.29) is 23.8 Å². The van der Waals surface area contributed by atoms with Crippen molar-refractivity contribution in [3.63, 3.8) is 0 Å². The molecular formula is C15H27N3O2. The first-order valence-electron chi connectivity index (χ1n) is 7.88. The van der Waals surface area contributed by atoms with Gasteiger partial charge in [-0.25, -0.2) is 4.79 Å². The Balaban J connectivity index is 2.07. The molecule has 5 nitrogen and oxygen atoms in total. The minimum Gasteiger partial charge on any atom is -0.323 e. The van der Waals surface area contributed by atoms with Crippen LogP contribution in [0.3, 0.4) is 0 Å². The van der Waals surface area contributed by atoms with E-state index in [0.717, 1.165) is 32.2 Å². The molecule has 0 bridgehead atoms. The molecule has 1 spiro atoms. The van der Waals surface area contributed by atoms with E-state index in [1.807, 2.05) is 0 Å². The van der Waals surface area contributed by atoms with Gasteiger partial charge >= 0.3 is 6.03 Å². The molecule has 20 heavy (non-hydrogen) atoms. The molecular weight excluding hydrogens is 254 g/mol. The largest absolute Gasteiger partial charge is 0.325 e. The topological polar surface area (TPSA) is 61.4 Å². The highest BCUT2D eigenvalue weighted by Gasteiger charge is 2.58. The molecule has 0 aromatic heterocycles. The van der Waals surface area contributed by atoms with Gasteiger partial charge in [-0.05, 0) is 37.6 Å². The monoisotopic (exact) mass is 281 g/mol. The van der Waals surface area contributed by atoms with Crippen LogP contribution in [0.4, 0.5) is 4.79 Å². The van der Waals surface area contributed by atoms with Gasteiger partial charge < -0.3 is 10.6 Å². The van der Waals surface area contributed by atoms with Gasteiger partial charge in [-0.1, -0.05) is 27.2 Å². The summed E-state index contributed by atoms with van der Waals surface area (Å²) in [5.41, 5.74) is -0.653. The molecule has 2 N–H and O–H groups in total. The van der Waals surface area contributed by atoms with E-state index in [1.54, 1.807) is 0 Å². The summed E-state index contributed by atoms with van der Waals surface area (Å²) < 4.78 is 0. The Labute approximate surface area is 121 Å². The molecule has 1 aliphatic heterocycles. The number of rotatable bonds is 5. The summed E-state index contributed by atoms with van der Waals surface area (Å²) in [6.45, 7) is 8.33. The van der Waals surface area contributed by atoms with Crippen LogP contribution in [-0.2, 0) is 4.79 Å². The summed E-state index contributed by atoms with van der Waals surface area (Å²) in [5.74, 6) is 0.424. The third-order valence-corrected chi connectivity index (χ3v) is 4.93. The fourth-order valence-corrected chi connectivity index (χ4v) is 3.65. The molecule has 2 unspecified atom stereocenters. The first-order chi connectivity index (χ1) is 9.54. The van der Waals surface area contributed by atoms with E-state index in [4.69, 9.17) is 0 Å². The van der Waals surface area contributed by atoms with Gasteiger partial charge in [-0.2, -0.15) is 0 Å². The second-order valence-electron chi connectivity index (χ2n) is 6.24. The minimum atomic E-state index is -0.653. The van der Waals surface area contributed by atoms with Crippen LogP contribution in [0.15, 0.2) is 0 Å². The standard InChI is InChI=1S/C15H27N3O2/c1-4-8-16-9-10-18-13(19)15(17-14(18)20)11(2)6-5-7-12(15)3/h11-12,16H,4-10H2,1-3H3,(H,17,20). The zero-order valence-corrected chi connectivity index (χ0v) is 12.9. The van der Waals surface area contributed by atoms with Gasteiger partial charge in [0, 0.05) is 13.1 Å². The first-order valence-corrected chi connectivity index (χ1v) is 7.88. The second kappa shape index (κ2) is 6.12. The predicted octanol–water partition coefficient (Wildman–Crippen LogP) is 1.73. The van der Waals surface area contributed by atoms with Gasteiger partial charge in [-0.15, -0.1) is 0 Å². The molecule has 1 aliphatic carbocycles. The summed E-state index contributed by atoms with van der Waals surface area (Å²) in [7, 11) is 0. The Morgan fingerprint density at radius 1 is 1.25 bits per heavy atom. The number of hydrogen-bond acceptors (Lipinski definition) is 3. The van der Waals surface area contributed by atoms with E-state index in [2.05, 4.69) is 31.4 Å². The smallest absolute Gasteiger partial charge is 0.323 e. The summed E-state index contributed by atoms with van der Waals surface area (Å²) in [5, 5.41) is 6.26. The average molecular weight is 281 g/mol. The van der Waals surface area contributed by atoms with Crippen molar-refractivity contribution in [2.75, 3.05) is 19.6 Å². The number of urea groups is 1. The first kappa shape index (κ1) is 15.3. The Morgan fingerprint density at radius 2 is 1.90 bits per heavy atom. The quantitative estimate of drug-likeness (QED) is 0.596. The number of imide groups is 1. The fourth-order valence-electron chi connectivity index (χ4n) is 3.65. The van der Waals surface area contributed by atoms with Gasteiger partial charge in [0.05, 0.1) is 0 Å². The summed E-state index contributed by atoms with van der Waals surface area (Å²) in [4.78, 5) is 26.4. The van der Waals surface area contributed by atoms with E-state index >= 15 is 0 Å². The predicted molar refractivity (Wildman–Crippen MR) is 78.3 cm³/mol. The molecule has 114 valence electrons. The van der Waals surface area contributed by atoms with Crippen molar-refractivity contribution < 1.29 is 9.59 Å². The van der Waals surface area contributed by atoms with Crippen molar-refractivity contribution >= 4 is 11.9 Å². The summed E-state index contributed by atoms with van der Waals surface area (Å²) in [6, 6.07) is -0.214. The van der Waals surface area contributed by atoms with E-state index < -0.39 is 5.54 Å². The SMILES string of the molecule is CCCNCCN1C(=O)NC2(C1=O)C(C)CCCC2C. The molecule has 2 fully saturated rings. The highest BCUT2D eigenvalue weighted by Crippen LogP contribution is 2.41. The van der Waals surface area contributed by atoms with Crippen LogP contribution in [0.25, 0.3) is 0 Å². The Hall–Kier alpha value is -1.10. The average Bonchev–Trinajstić information content (AvgIpc) is 2.66. The Morgan fingerprint density at radius 3 is 2.50 bits per heavy atom. The maximum Gasteiger partial charge on any atom is 0.325 e. The van der Waals surface area contributed by atoms with E-state index in [1.165, 1.54) is 4.90 Å². The van der Waals surface area contributed by atoms with Gasteiger partial charge in [-0.3, -0.25) is 9.69 Å². The van der Waals surface area contributed by atoms with Crippen LogP contribution in [0, 0.1) is 11.8 Å². The lowest BCUT2D eigenvalue weighted by atomic mass is 9.67. The summed E-state index contributed by atoms with van der Waals surface area (Å²) in [6.07, 6.45) is 4.22. The number of nitrogens with one attached hydrogen (secondary N) is 2. The number of carbonyl (C=O) groups is 2. The number of carbonyl (C=O) groups excluding carboxylic acids is 2. The second-order valence-corrected chi connectivity index (χ2v) is 6.24. The third-order valence-electron chi connectivity index (χ3n) is 4.93. The van der Waals surface area contributed by atoms with Crippen LogP contribution in [0.1, 0.15) is 46.5 Å². The normalized spacial score (nSPS) is 33.9. The zero-order valence-electron chi connectivity index (χ0n) is 12.9. The number of nitrogens with zero attached hydrogens (tertiary/aromatic N) is 1. The third kappa shape index (κ3) is 2.43. The lowest BCUT2D eigenvalue weighted by Crippen LogP contribution is -2.59. The molecule has 1 saturated carbocycles. The van der Waals surface area contributed by atoms with Gasteiger partial charge in [0.15, 0.2) is 0 Å². The van der Waals surface area contributed by atoms with Crippen LogP contribution in [0.5, 0.6) is 0 Å². The highest BCUT2D eigenvalue weighted by atomic mass is 16.2. The molecule has 1 saturated heterocycles.